The predicted octanol–water partition coefficient (Wildman–Crippen LogP) is 1.15. The van der Waals surface area contributed by atoms with Crippen molar-refractivity contribution in [2.45, 2.75) is 24.0 Å². The normalized spacial score (nSPS) is 29.7. The van der Waals surface area contributed by atoms with E-state index in [9.17, 15) is 15.0 Å². The molecule has 6 nitrogen and oxygen atoms in total. The lowest BCUT2D eigenvalue weighted by molar-refractivity contribution is -0.132. The maximum Gasteiger partial charge on any atom is 0.200 e. The van der Waals surface area contributed by atoms with Gasteiger partial charge in [0.05, 0.1) is 20.8 Å². The molecule has 2 heterocycles. The number of benzene rings is 1. The van der Waals surface area contributed by atoms with E-state index in [4.69, 9.17) is 14.2 Å². The minimum absolute atomic E-state index is 0.0831. The van der Waals surface area contributed by atoms with Crippen molar-refractivity contribution in [1.82, 2.24) is 0 Å². The highest BCUT2D eigenvalue weighted by Gasteiger charge is 2.51. The number of hydrogen-bond donors (Lipinski definition) is 2. The van der Waals surface area contributed by atoms with E-state index in [0.29, 0.717) is 6.42 Å². The number of aliphatic hydroxyl groups is 1. The van der Waals surface area contributed by atoms with Crippen LogP contribution >= 0.6 is 0 Å². The van der Waals surface area contributed by atoms with Crippen LogP contribution in [-0.2, 0) is 9.53 Å². The van der Waals surface area contributed by atoms with Crippen molar-refractivity contribution in [3.8, 4) is 17.2 Å². The Morgan fingerprint density at radius 2 is 1.95 bits per heavy atom. The highest BCUT2D eigenvalue weighted by atomic mass is 16.5. The van der Waals surface area contributed by atoms with Gasteiger partial charge in [-0.3, -0.25) is 4.79 Å². The third kappa shape index (κ3) is 2.07. The first-order valence-corrected chi connectivity index (χ1v) is 7.01. The molecule has 22 heavy (non-hydrogen) atoms. The molecule has 3 rings (SSSR count). The molecule has 1 aromatic rings. The molecule has 1 aromatic carbocycles. The number of carbonyl (C=O) groups excluding carboxylic acids is 1. The topological polar surface area (TPSA) is 85.2 Å². The molecule has 0 radical (unpaired) electrons. The number of phenols is 1. The minimum atomic E-state index is -0.925. The molecule has 1 saturated heterocycles. The second-order valence-electron chi connectivity index (χ2n) is 5.52. The minimum Gasteiger partial charge on any atom is -0.502 e. The Morgan fingerprint density at radius 3 is 2.50 bits per heavy atom. The molecule has 2 N–H and O–H groups in total. The molecular weight excluding hydrogens is 288 g/mol. The summed E-state index contributed by atoms with van der Waals surface area (Å²) in [4.78, 5) is 11.8. The summed E-state index contributed by atoms with van der Waals surface area (Å²) in [6, 6.07) is 3.37. The Kier molecular flexibility index (Phi) is 3.58. The number of rotatable bonds is 4. The number of ether oxygens (including phenoxy) is 3. The number of phenolic OH excluding ortho intramolecular Hbond substituents is 1. The van der Waals surface area contributed by atoms with Crippen LogP contribution in [0.3, 0.4) is 0 Å². The zero-order chi connectivity index (χ0) is 15.9. The monoisotopic (exact) mass is 306 g/mol. The number of methoxy groups -OCH3 is 2. The van der Waals surface area contributed by atoms with Crippen molar-refractivity contribution < 1.29 is 29.2 Å². The standard InChI is InChI=1S/C16H18O6/c1-20-13-5-9(6-14(21-2)15(13)19)10-7-12-11(18)3-4-16(10,8-17)22-12/h3-6,10,12,17,19H,7-8H2,1-2H3/t10-,12-,16-/m1/s1. The SMILES string of the molecule is COc1cc([C@H]2C[C@H]3O[C@@]2(CO)C=CC3=O)cc(OC)c1O. The highest BCUT2D eigenvalue weighted by Crippen LogP contribution is 2.49. The van der Waals surface area contributed by atoms with Crippen molar-refractivity contribution in [3.63, 3.8) is 0 Å². The van der Waals surface area contributed by atoms with E-state index >= 15 is 0 Å². The van der Waals surface area contributed by atoms with E-state index in [1.807, 2.05) is 0 Å². The molecule has 3 atom stereocenters. The lowest BCUT2D eigenvalue weighted by Gasteiger charge is -2.31. The lowest BCUT2D eigenvalue weighted by atomic mass is 9.82. The van der Waals surface area contributed by atoms with Crippen LogP contribution in [0.25, 0.3) is 0 Å². The molecule has 0 saturated carbocycles. The zero-order valence-electron chi connectivity index (χ0n) is 12.4. The van der Waals surface area contributed by atoms with E-state index in [1.54, 1.807) is 18.2 Å². The summed E-state index contributed by atoms with van der Waals surface area (Å²) >= 11 is 0. The van der Waals surface area contributed by atoms with Crippen LogP contribution in [-0.4, -0.2) is 48.5 Å². The van der Waals surface area contributed by atoms with Gasteiger partial charge in [0.25, 0.3) is 0 Å². The summed E-state index contributed by atoms with van der Waals surface area (Å²) in [5.74, 6) is 0.150. The summed E-state index contributed by atoms with van der Waals surface area (Å²) in [6.45, 7) is -0.233. The first-order valence-electron chi connectivity index (χ1n) is 7.01. The van der Waals surface area contributed by atoms with Crippen LogP contribution in [0.1, 0.15) is 17.9 Å². The van der Waals surface area contributed by atoms with Gasteiger partial charge in [0.2, 0.25) is 5.75 Å². The second-order valence-corrected chi connectivity index (χ2v) is 5.52. The van der Waals surface area contributed by atoms with Crippen LogP contribution in [0, 0.1) is 0 Å². The lowest BCUT2D eigenvalue weighted by Crippen LogP contribution is -2.39. The van der Waals surface area contributed by atoms with Gasteiger partial charge in [-0.1, -0.05) is 0 Å². The fraction of sp³-hybridized carbons (Fsp3) is 0.438. The third-order valence-corrected chi connectivity index (χ3v) is 4.40. The molecule has 0 aliphatic carbocycles. The molecule has 0 amide bonds. The number of ketones is 1. The molecule has 2 bridgehead atoms. The first kappa shape index (κ1) is 14.9. The Labute approximate surface area is 127 Å². The summed E-state index contributed by atoms with van der Waals surface area (Å²) in [5, 5.41) is 19.8. The van der Waals surface area contributed by atoms with Gasteiger partial charge in [-0.25, -0.2) is 0 Å². The van der Waals surface area contributed by atoms with Gasteiger partial charge in [0.1, 0.15) is 11.7 Å². The maximum absolute atomic E-state index is 11.8. The number of aromatic hydroxyl groups is 1. The van der Waals surface area contributed by atoms with Crippen molar-refractivity contribution in [2.75, 3.05) is 20.8 Å². The maximum atomic E-state index is 11.8. The summed E-state index contributed by atoms with van der Waals surface area (Å²) < 4.78 is 16.1. The number of fused-ring (bicyclic) bond motifs is 2. The first-order chi connectivity index (χ1) is 10.5. The molecule has 6 heteroatoms. The Hall–Kier alpha value is -2.05. The molecule has 0 spiro atoms. The zero-order valence-corrected chi connectivity index (χ0v) is 12.4. The number of hydrogen-bond acceptors (Lipinski definition) is 6. The number of aliphatic hydroxyl groups excluding tert-OH is 1. The third-order valence-electron chi connectivity index (χ3n) is 4.40. The second kappa shape index (κ2) is 5.30. The molecule has 0 aromatic heterocycles. The molecule has 2 aliphatic rings. The van der Waals surface area contributed by atoms with Crippen LogP contribution in [0.5, 0.6) is 17.2 Å². The van der Waals surface area contributed by atoms with Crippen molar-refractivity contribution >= 4 is 5.78 Å². The van der Waals surface area contributed by atoms with E-state index in [-0.39, 0.29) is 35.6 Å². The van der Waals surface area contributed by atoms with Gasteiger partial charge in [0.15, 0.2) is 17.3 Å². The Morgan fingerprint density at radius 1 is 1.32 bits per heavy atom. The van der Waals surface area contributed by atoms with Gasteiger partial charge in [-0.2, -0.15) is 0 Å². The smallest absolute Gasteiger partial charge is 0.200 e. The average molecular weight is 306 g/mol. The molecular formula is C16H18O6. The summed E-state index contributed by atoms with van der Waals surface area (Å²) in [5.41, 5.74) is -0.145. The predicted molar refractivity (Wildman–Crippen MR) is 77.4 cm³/mol. The van der Waals surface area contributed by atoms with Gasteiger partial charge >= 0.3 is 0 Å². The molecule has 118 valence electrons. The molecule has 1 fully saturated rings. The fourth-order valence-electron chi connectivity index (χ4n) is 3.20. The highest BCUT2D eigenvalue weighted by molar-refractivity contribution is 5.95. The Balaban J connectivity index is 2.08. The van der Waals surface area contributed by atoms with Crippen LogP contribution in [0.4, 0.5) is 0 Å². The van der Waals surface area contributed by atoms with Crippen molar-refractivity contribution in [3.05, 3.63) is 29.8 Å². The van der Waals surface area contributed by atoms with Gasteiger partial charge < -0.3 is 24.4 Å². The summed E-state index contributed by atoms with van der Waals surface area (Å²) in [7, 11) is 2.90. The largest absolute Gasteiger partial charge is 0.502 e. The summed E-state index contributed by atoms with van der Waals surface area (Å²) in [6.07, 6.45) is 3.01. The fourth-order valence-corrected chi connectivity index (χ4v) is 3.20. The van der Waals surface area contributed by atoms with E-state index in [1.165, 1.54) is 20.3 Å². The Bertz CT molecular complexity index is 613. The van der Waals surface area contributed by atoms with Gasteiger partial charge in [-0.15, -0.1) is 0 Å². The van der Waals surface area contributed by atoms with Gasteiger partial charge in [0, 0.05) is 5.92 Å². The van der Waals surface area contributed by atoms with Crippen LogP contribution < -0.4 is 9.47 Å². The van der Waals surface area contributed by atoms with Crippen molar-refractivity contribution in [1.29, 1.82) is 0 Å². The average Bonchev–Trinajstić information content (AvgIpc) is 2.87. The molecule has 0 unspecified atom stereocenters. The molecule has 2 aliphatic heterocycles. The van der Waals surface area contributed by atoms with Crippen LogP contribution in [0.15, 0.2) is 24.3 Å². The van der Waals surface area contributed by atoms with Crippen LogP contribution in [0.2, 0.25) is 0 Å². The van der Waals surface area contributed by atoms with Crippen molar-refractivity contribution in [2.24, 2.45) is 0 Å². The number of carbonyl (C=O) groups is 1. The quantitative estimate of drug-likeness (QED) is 0.868. The van der Waals surface area contributed by atoms with E-state index in [0.717, 1.165) is 5.56 Å². The van der Waals surface area contributed by atoms with Gasteiger partial charge in [-0.05, 0) is 36.3 Å². The van der Waals surface area contributed by atoms with E-state index in [2.05, 4.69) is 0 Å². The van der Waals surface area contributed by atoms with E-state index < -0.39 is 11.7 Å².